The van der Waals surface area contributed by atoms with Crippen LogP contribution in [0.2, 0.25) is 0 Å². The van der Waals surface area contributed by atoms with Crippen molar-refractivity contribution < 1.29 is 0 Å². The van der Waals surface area contributed by atoms with E-state index < -0.39 is 0 Å². The molecule has 0 spiro atoms. The molecule has 0 fully saturated rings. The van der Waals surface area contributed by atoms with Crippen LogP contribution in [-0.2, 0) is 26.1 Å². The van der Waals surface area contributed by atoms with E-state index >= 15 is 0 Å². The molecular weight excluding hydrogens is 320 g/mol. The Morgan fingerprint density at radius 2 is 2.29 bits per heavy atom. The predicted molar refractivity (Wildman–Crippen MR) is 98.2 cm³/mol. The van der Waals surface area contributed by atoms with E-state index in [4.69, 9.17) is 4.99 Å². The van der Waals surface area contributed by atoms with Gasteiger partial charge in [-0.1, -0.05) is 25.8 Å². The van der Waals surface area contributed by atoms with Gasteiger partial charge in [-0.15, -0.1) is 21.5 Å². The van der Waals surface area contributed by atoms with E-state index in [0.717, 1.165) is 50.1 Å². The molecule has 1 aliphatic heterocycles. The number of rotatable bonds is 8. The van der Waals surface area contributed by atoms with Gasteiger partial charge in [-0.3, -0.25) is 0 Å². The van der Waals surface area contributed by atoms with Crippen molar-refractivity contribution in [2.45, 2.75) is 58.7 Å². The van der Waals surface area contributed by atoms with Crippen molar-refractivity contribution >= 4 is 17.3 Å². The molecule has 24 heavy (non-hydrogen) atoms. The van der Waals surface area contributed by atoms with Gasteiger partial charge in [0.05, 0.1) is 6.54 Å². The second-order valence-corrected chi connectivity index (χ2v) is 7.05. The molecule has 0 saturated heterocycles. The maximum atomic E-state index is 4.72. The molecule has 1 aliphatic rings. The van der Waals surface area contributed by atoms with Gasteiger partial charge in [0, 0.05) is 24.4 Å². The topological polar surface area (TPSA) is 67.1 Å². The first-order valence-electron chi connectivity index (χ1n) is 8.82. The van der Waals surface area contributed by atoms with Gasteiger partial charge in [-0.25, -0.2) is 4.99 Å². The first-order valence-corrected chi connectivity index (χ1v) is 9.70. The lowest BCUT2D eigenvalue weighted by Crippen LogP contribution is -2.37. The lowest BCUT2D eigenvalue weighted by atomic mass is 10.2. The van der Waals surface area contributed by atoms with E-state index in [9.17, 15) is 0 Å². The van der Waals surface area contributed by atoms with Crippen LogP contribution in [0.3, 0.4) is 0 Å². The number of nitrogens with zero attached hydrogens (tertiary/aromatic N) is 4. The molecule has 0 radical (unpaired) electrons. The average molecular weight is 347 g/mol. The number of unbranched alkanes of at least 4 members (excludes halogenated alkanes) is 2. The molecule has 2 aromatic rings. The van der Waals surface area contributed by atoms with Crippen LogP contribution in [0.1, 0.15) is 49.1 Å². The molecule has 130 valence electrons. The molecular formula is C17H26N6S. The number of aryl methyl sites for hydroxylation is 1. The fourth-order valence-electron chi connectivity index (χ4n) is 2.82. The van der Waals surface area contributed by atoms with Crippen molar-refractivity contribution in [3.63, 3.8) is 0 Å². The van der Waals surface area contributed by atoms with Gasteiger partial charge in [0.2, 0.25) is 0 Å². The monoisotopic (exact) mass is 346 g/mol. The molecule has 2 N–H and O–H groups in total. The van der Waals surface area contributed by atoms with E-state index in [2.05, 4.69) is 49.8 Å². The van der Waals surface area contributed by atoms with Crippen LogP contribution in [0, 0.1) is 0 Å². The summed E-state index contributed by atoms with van der Waals surface area (Å²) in [5.41, 5.74) is 0. The van der Waals surface area contributed by atoms with Crippen molar-refractivity contribution in [1.29, 1.82) is 0 Å². The second kappa shape index (κ2) is 8.82. The number of fused-ring (bicyclic) bond motifs is 1. The highest BCUT2D eigenvalue weighted by molar-refractivity contribution is 7.09. The Labute approximate surface area is 147 Å². The lowest BCUT2D eigenvalue weighted by molar-refractivity contribution is 0.670. The molecule has 0 bridgehead atoms. The molecule has 7 heteroatoms. The fourth-order valence-corrected chi connectivity index (χ4v) is 3.46. The molecule has 0 aromatic carbocycles. The van der Waals surface area contributed by atoms with Gasteiger partial charge in [0.1, 0.15) is 12.4 Å². The van der Waals surface area contributed by atoms with E-state index in [1.165, 1.54) is 24.1 Å². The van der Waals surface area contributed by atoms with Crippen LogP contribution in [0.5, 0.6) is 0 Å². The molecule has 0 atom stereocenters. The lowest BCUT2D eigenvalue weighted by Gasteiger charge is -2.12. The summed E-state index contributed by atoms with van der Waals surface area (Å²) in [6, 6.07) is 4.21. The van der Waals surface area contributed by atoms with E-state index in [-0.39, 0.29) is 0 Å². The maximum Gasteiger partial charge on any atom is 0.192 e. The molecule has 3 rings (SSSR count). The van der Waals surface area contributed by atoms with Crippen LogP contribution >= 0.6 is 11.3 Å². The van der Waals surface area contributed by atoms with Crippen LogP contribution in [0.15, 0.2) is 22.5 Å². The van der Waals surface area contributed by atoms with E-state index in [1.807, 2.05) is 0 Å². The van der Waals surface area contributed by atoms with Gasteiger partial charge in [0.15, 0.2) is 11.8 Å². The minimum absolute atomic E-state index is 0.570. The third-order valence-electron chi connectivity index (χ3n) is 4.15. The smallest absolute Gasteiger partial charge is 0.192 e. The third kappa shape index (κ3) is 4.56. The molecule has 0 saturated carbocycles. The summed E-state index contributed by atoms with van der Waals surface area (Å²) in [7, 11) is 0. The van der Waals surface area contributed by atoms with Crippen molar-refractivity contribution in [3.8, 4) is 0 Å². The van der Waals surface area contributed by atoms with Crippen molar-refractivity contribution in [2.75, 3.05) is 6.54 Å². The first-order chi connectivity index (χ1) is 11.9. The molecule has 0 amide bonds. The Morgan fingerprint density at radius 3 is 3.12 bits per heavy atom. The van der Waals surface area contributed by atoms with Crippen LogP contribution in [-0.4, -0.2) is 27.3 Å². The molecule has 6 nitrogen and oxygen atoms in total. The quantitative estimate of drug-likeness (QED) is 0.438. The molecule has 0 aliphatic carbocycles. The van der Waals surface area contributed by atoms with Crippen molar-refractivity contribution in [1.82, 2.24) is 25.4 Å². The maximum absolute atomic E-state index is 4.72. The van der Waals surface area contributed by atoms with E-state index in [1.54, 1.807) is 11.3 Å². The minimum Gasteiger partial charge on any atom is -0.356 e. The molecule has 3 heterocycles. The highest BCUT2D eigenvalue weighted by atomic mass is 32.1. The number of aromatic nitrogens is 3. The summed E-state index contributed by atoms with van der Waals surface area (Å²) >= 11 is 1.76. The Bertz CT molecular complexity index is 646. The Morgan fingerprint density at radius 1 is 1.33 bits per heavy atom. The Balaban J connectivity index is 1.58. The number of thiophene rings is 1. The van der Waals surface area contributed by atoms with Gasteiger partial charge >= 0.3 is 0 Å². The summed E-state index contributed by atoms with van der Waals surface area (Å²) < 4.78 is 2.21. The zero-order valence-corrected chi connectivity index (χ0v) is 15.1. The zero-order valence-electron chi connectivity index (χ0n) is 14.3. The second-order valence-electron chi connectivity index (χ2n) is 6.02. The third-order valence-corrected chi connectivity index (χ3v) is 5.02. The van der Waals surface area contributed by atoms with E-state index in [0.29, 0.717) is 6.54 Å². The van der Waals surface area contributed by atoms with Crippen LogP contribution < -0.4 is 10.6 Å². The number of hydrogen-bond donors (Lipinski definition) is 2. The molecule has 0 unspecified atom stereocenters. The van der Waals surface area contributed by atoms with Crippen LogP contribution in [0.25, 0.3) is 0 Å². The van der Waals surface area contributed by atoms with Gasteiger partial charge in [0.25, 0.3) is 0 Å². The summed E-state index contributed by atoms with van der Waals surface area (Å²) in [5.74, 6) is 2.92. The SMILES string of the molecule is CCCCCNC(=NCc1nnc2n1CCC2)NCc1cccs1. The summed E-state index contributed by atoms with van der Waals surface area (Å²) in [4.78, 5) is 6.02. The largest absolute Gasteiger partial charge is 0.356 e. The standard InChI is InChI=1S/C17H26N6S/c1-2-3-4-9-18-17(19-12-14-7-6-11-24-14)20-13-16-22-21-15-8-5-10-23(15)16/h6-7,11H,2-5,8-10,12-13H2,1H3,(H2,18,19,20). The van der Waals surface area contributed by atoms with Gasteiger partial charge in [-0.2, -0.15) is 0 Å². The summed E-state index contributed by atoms with van der Waals surface area (Å²) in [5, 5.41) is 17.5. The number of hydrogen-bond acceptors (Lipinski definition) is 4. The van der Waals surface area contributed by atoms with Gasteiger partial charge < -0.3 is 15.2 Å². The minimum atomic E-state index is 0.570. The highest BCUT2D eigenvalue weighted by Crippen LogP contribution is 2.14. The van der Waals surface area contributed by atoms with Crippen molar-refractivity contribution in [2.24, 2.45) is 4.99 Å². The van der Waals surface area contributed by atoms with Gasteiger partial charge in [-0.05, 0) is 24.3 Å². The number of guanidine groups is 1. The number of aliphatic imine (C=N–C) groups is 1. The summed E-state index contributed by atoms with van der Waals surface area (Å²) in [6.45, 7) is 5.56. The highest BCUT2D eigenvalue weighted by Gasteiger charge is 2.16. The summed E-state index contributed by atoms with van der Waals surface area (Å²) in [6.07, 6.45) is 5.83. The molecule has 2 aromatic heterocycles. The van der Waals surface area contributed by atoms with Crippen molar-refractivity contribution in [3.05, 3.63) is 34.0 Å². The average Bonchev–Trinajstić information content (AvgIpc) is 3.32. The fraction of sp³-hybridized carbons (Fsp3) is 0.588. The Hall–Kier alpha value is -1.89. The normalized spacial score (nSPS) is 14.0. The Kier molecular flexibility index (Phi) is 6.23. The van der Waals surface area contributed by atoms with Crippen LogP contribution in [0.4, 0.5) is 0 Å². The predicted octanol–water partition coefficient (Wildman–Crippen LogP) is 2.71. The first kappa shape index (κ1) is 17.0. The zero-order chi connectivity index (χ0) is 16.6. The number of nitrogens with one attached hydrogen (secondary N) is 2.